The first-order chi connectivity index (χ1) is 5.25. The maximum Gasteiger partial charge on any atom is -0.0163 e. The Hall–Kier alpha value is 0.170. The summed E-state index contributed by atoms with van der Waals surface area (Å²) < 4.78 is 0. The predicted octanol–water partition coefficient (Wildman–Crippen LogP) is 3.20. The highest BCUT2D eigenvalue weighted by Gasteiger charge is 2.33. The molecule has 4 atom stereocenters. The molecule has 62 valence electrons. The van der Waals surface area contributed by atoms with Gasteiger partial charge in [-0.2, -0.15) is 0 Å². The molecule has 0 aromatic heterocycles. The molecule has 0 aliphatic heterocycles. The van der Waals surface area contributed by atoms with Gasteiger partial charge in [0.1, 0.15) is 0 Å². The van der Waals surface area contributed by atoms with Gasteiger partial charge in [0.05, 0.1) is 0 Å². The molecular weight excluding hydrogens is 151 g/mol. The number of hydrogen-bond acceptors (Lipinski definition) is 0. The molecule has 2 bridgehead atoms. The van der Waals surface area contributed by atoms with Gasteiger partial charge in [0.25, 0.3) is 0 Å². The standard InChI is InChI=1S/C10H17P/c1-7(11)10-5-8-2-3-9(4-8)6-10/h8-10H,1-6,11H2/t8-,9?,10?/m0/s1. The van der Waals surface area contributed by atoms with Gasteiger partial charge in [0.2, 0.25) is 0 Å². The molecule has 0 aromatic carbocycles. The lowest BCUT2D eigenvalue weighted by molar-refractivity contribution is 0.298. The zero-order valence-electron chi connectivity index (χ0n) is 7.05. The van der Waals surface area contributed by atoms with Crippen molar-refractivity contribution in [2.24, 2.45) is 17.8 Å². The minimum Gasteiger partial charge on any atom is -0.110 e. The Bertz CT molecular complexity index is 162. The lowest BCUT2D eigenvalue weighted by atomic mass is 9.81. The van der Waals surface area contributed by atoms with Crippen molar-refractivity contribution in [1.82, 2.24) is 0 Å². The van der Waals surface area contributed by atoms with Crippen LogP contribution in [0.1, 0.15) is 32.1 Å². The molecule has 2 saturated carbocycles. The molecule has 0 amide bonds. The molecule has 0 spiro atoms. The molecule has 2 rings (SSSR count). The Kier molecular flexibility index (Phi) is 2.06. The van der Waals surface area contributed by atoms with Crippen LogP contribution in [0.3, 0.4) is 0 Å². The first-order valence-electron chi connectivity index (χ1n) is 4.70. The van der Waals surface area contributed by atoms with Crippen LogP contribution in [-0.4, -0.2) is 0 Å². The van der Waals surface area contributed by atoms with E-state index >= 15 is 0 Å². The summed E-state index contributed by atoms with van der Waals surface area (Å²) in [5, 5.41) is 1.35. The molecule has 2 aliphatic rings. The summed E-state index contributed by atoms with van der Waals surface area (Å²) >= 11 is 0. The summed E-state index contributed by atoms with van der Waals surface area (Å²) in [7, 11) is 2.79. The third kappa shape index (κ3) is 1.51. The van der Waals surface area contributed by atoms with E-state index in [-0.39, 0.29) is 0 Å². The SMILES string of the molecule is C=C(P)C1CC2CC[C@@H](C2)C1. The fraction of sp³-hybridized carbons (Fsp3) is 0.800. The fourth-order valence-electron chi connectivity index (χ4n) is 2.81. The lowest BCUT2D eigenvalue weighted by Crippen LogP contribution is -2.15. The topological polar surface area (TPSA) is 0 Å². The second kappa shape index (κ2) is 2.90. The predicted molar refractivity (Wildman–Crippen MR) is 52.4 cm³/mol. The van der Waals surface area contributed by atoms with E-state index in [0.29, 0.717) is 0 Å². The van der Waals surface area contributed by atoms with Gasteiger partial charge in [-0.3, -0.25) is 0 Å². The van der Waals surface area contributed by atoms with Crippen LogP contribution in [0.25, 0.3) is 0 Å². The normalized spacial score (nSPS) is 42.5. The molecule has 0 aromatic rings. The van der Waals surface area contributed by atoms with Crippen molar-refractivity contribution in [3.63, 3.8) is 0 Å². The van der Waals surface area contributed by atoms with Gasteiger partial charge < -0.3 is 0 Å². The van der Waals surface area contributed by atoms with E-state index in [4.69, 9.17) is 0 Å². The second-order valence-electron chi connectivity index (χ2n) is 4.29. The Balaban J connectivity index is 2.02. The van der Waals surface area contributed by atoms with Gasteiger partial charge in [-0.15, -0.1) is 9.24 Å². The van der Waals surface area contributed by atoms with Crippen LogP contribution in [0.5, 0.6) is 0 Å². The van der Waals surface area contributed by atoms with E-state index in [0.717, 1.165) is 17.8 Å². The van der Waals surface area contributed by atoms with Crippen molar-refractivity contribution in [3.05, 3.63) is 11.9 Å². The Morgan fingerprint density at radius 1 is 1.09 bits per heavy atom. The van der Waals surface area contributed by atoms with E-state index in [9.17, 15) is 0 Å². The third-order valence-corrected chi connectivity index (χ3v) is 3.88. The summed E-state index contributed by atoms with van der Waals surface area (Å²) in [5.41, 5.74) is 0. The monoisotopic (exact) mass is 168 g/mol. The van der Waals surface area contributed by atoms with Crippen molar-refractivity contribution < 1.29 is 0 Å². The number of rotatable bonds is 1. The van der Waals surface area contributed by atoms with Gasteiger partial charge in [-0.05, 0) is 37.0 Å². The average Bonchev–Trinajstić information content (AvgIpc) is 2.30. The quantitative estimate of drug-likeness (QED) is 0.527. The van der Waals surface area contributed by atoms with E-state index in [1.54, 1.807) is 0 Å². The van der Waals surface area contributed by atoms with Crippen molar-refractivity contribution in [2.75, 3.05) is 0 Å². The van der Waals surface area contributed by atoms with Crippen molar-refractivity contribution >= 4 is 9.24 Å². The van der Waals surface area contributed by atoms with Crippen LogP contribution in [-0.2, 0) is 0 Å². The van der Waals surface area contributed by atoms with E-state index in [2.05, 4.69) is 15.8 Å². The lowest BCUT2D eigenvalue weighted by Gasteiger charge is -2.27. The summed E-state index contributed by atoms with van der Waals surface area (Å²) in [6.45, 7) is 4.04. The summed E-state index contributed by atoms with van der Waals surface area (Å²) in [4.78, 5) is 0. The molecule has 3 unspecified atom stereocenters. The van der Waals surface area contributed by atoms with Crippen molar-refractivity contribution in [1.29, 1.82) is 0 Å². The zero-order valence-corrected chi connectivity index (χ0v) is 8.21. The molecular formula is C10H17P. The third-order valence-electron chi connectivity index (χ3n) is 3.41. The highest BCUT2D eigenvalue weighted by atomic mass is 31.0. The molecule has 0 radical (unpaired) electrons. The van der Waals surface area contributed by atoms with E-state index < -0.39 is 0 Å². The zero-order chi connectivity index (χ0) is 7.84. The first-order valence-corrected chi connectivity index (χ1v) is 5.27. The molecule has 0 saturated heterocycles. The number of hydrogen-bond donors (Lipinski definition) is 0. The Labute approximate surface area is 71.7 Å². The molecule has 1 heteroatoms. The van der Waals surface area contributed by atoms with Gasteiger partial charge >= 0.3 is 0 Å². The highest BCUT2D eigenvalue weighted by Crippen LogP contribution is 2.47. The Morgan fingerprint density at radius 3 is 2.09 bits per heavy atom. The maximum absolute atomic E-state index is 4.04. The molecule has 2 fully saturated rings. The van der Waals surface area contributed by atoms with E-state index in [1.807, 2.05) is 0 Å². The summed E-state index contributed by atoms with van der Waals surface area (Å²) in [6.07, 6.45) is 7.38. The van der Waals surface area contributed by atoms with Crippen LogP contribution in [0.15, 0.2) is 11.9 Å². The number of allylic oxidation sites excluding steroid dienone is 1. The first kappa shape index (κ1) is 7.80. The van der Waals surface area contributed by atoms with Gasteiger partial charge in [-0.1, -0.05) is 24.7 Å². The van der Waals surface area contributed by atoms with Crippen LogP contribution in [0.2, 0.25) is 0 Å². The van der Waals surface area contributed by atoms with Crippen LogP contribution in [0, 0.1) is 17.8 Å². The number of fused-ring (bicyclic) bond motifs is 2. The van der Waals surface area contributed by atoms with Gasteiger partial charge in [-0.25, -0.2) is 0 Å². The molecule has 2 aliphatic carbocycles. The largest absolute Gasteiger partial charge is 0.110 e. The van der Waals surface area contributed by atoms with Crippen LogP contribution < -0.4 is 0 Å². The summed E-state index contributed by atoms with van der Waals surface area (Å²) in [5.74, 6) is 2.94. The van der Waals surface area contributed by atoms with Crippen LogP contribution >= 0.6 is 9.24 Å². The smallest absolute Gasteiger partial charge is 0.0163 e. The Morgan fingerprint density at radius 2 is 1.64 bits per heavy atom. The highest BCUT2D eigenvalue weighted by molar-refractivity contribution is 7.22. The van der Waals surface area contributed by atoms with Crippen molar-refractivity contribution in [3.8, 4) is 0 Å². The fourth-order valence-corrected chi connectivity index (χ4v) is 3.08. The second-order valence-corrected chi connectivity index (χ2v) is 5.03. The maximum atomic E-state index is 4.04. The molecule has 0 N–H and O–H groups in total. The average molecular weight is 168 g/mol. The van der Waals surface area contributed by atoms with Gasteiger partial charge in [0.15, 0.2) is 0 Å². The summed E-state index contributed by atoms with van der Waals surface area (Å²) in [6, 6.07) is 0. The van der Waals surface area contributed by atoms with E-state index in [1.165, 1.54) is 37.4 Å². The molecule has 0 nitrogen and oxygen atoms in total. The molecule has 0 heterocycles. The van der Waals surface area contributed by atoms with Crippen molar-refractivity contribution in [2.45, 2.75) is 32.1 Å². The van der Waals surface area contributed by atoms with Gasteiger partial charge in [0, 0.05) is 0 Å². The minimum atomic E-state index is 0.839. The molecule has 11 heavy (non-hydrogen) atoms. The minimum absolute atomic E-state index is 0.839. The van der Waals surface area contributed by atoms with Crippen LogP contribution in [0.4, 0.5) is 0 Å².